The van der Waals surface area contributed by atoms with Gasteiger partial charge in [-0.1, -0.05) is 0 Å². The van der Waals surface area contributed by atoms with Gasteiger partial charge >= 0.3 is 89.0 Å². The molecule has 0 N–H and O–H groups in total. The fraction of sp³-hybridized carbons (Fsp3) is 0.538. The first-order valence-electron chi connectivity index (χ1n) is 5.90. The standard InChI is InChI=1S/C13H18Ge/c1-14-11-5-2-6-12(14)8-4-10-13(14)9-3-7-11/h5,8-9H,2-4,6-7,10H2,1H3. The average Bonchev–Trinajstić information content (AvgIpc) is 2.18. The van der Waals surface area contributed by atoms with Crippen molar-refractivity contribution in [1.29, 1.82) is 0 Å². The van der Waals surface area contributed by atoms with Crippen LogP contribution in [0, 0.1) is 0 Å². The monoisotopic (exact) mass is 248 g/mol. The molecular weight excluding hydrogens is 229 g/mol. The van der Waals surface area contributed by atoms with Crippen LogP contribution in [0.15, 0.2) is 31.4 Å². The van der Waals surface area contributed by atoms with Gasteiger partial charge in [0.25, 0.3) is 0 Å². The Kier molecular flexibility index (Phi) is 2.02. The van der Waals surface area contributed by atoms with Crippen LogP contribution in [-0.4, -0.2) is 13.3 Å². The molecule has 0 fully saturated rings. The first-order chi connectivity index (χ1) is 6.82. The number of rotatable bonds is 0. The molecule has 0 amide bonds. The van der Waals surface area contributed by atoms with E-state index in [1.165, 1.54) is 38.5 Å². The Balaban J connectivity index is 2.20. The van der Waals surface area contributed by atoms with Crippen LogP contribution in [0.1, 0.15) is 38.5 Å². The Morgan fingerprint density at radius 3 is 1.50 bits per heavy atom. The molecule has 3 rings (SSSR count). The van der Waals surface area contributed by atoms with Gasteiger partial charge in [-0.3, -0.25) is 0 Å². The summed E-state index contributed by atoms with van der Waals surface area (Å²) in [5, 5.41) is 0. The Labute approximate surface area is 89.1 Å². The van der Waals surface area contributed by atoms with Crippen molar-refractivity contribution in [2.24, 2.45) is 0 Å². The van der Waals surface area contributed by atoms with Gasteiger partial charge in [-0.2, -0.15) is 0 Å². The van der Waals surface area contributed by atoms with Crippen LogP contribution in [-0.2, 0) is 0 Å². The van der Waals surface area contributed by atoms with Crippen molar-refractivity contribution in [3.63, 3.8) is 0 Å². The molecule has 0 radical (unpaired) electrons. The summed E-state index contributed by atoms with van der Waals surface area (Å²) in [6, 6.07) is 0. The zero-order valence-electron chi connectivity index (χ0n) is 8.97. The van der Waals surface area contributed by atoms with Crippen molar-refractivity contribution < 1.29 is 0 Å². The van der Waals surface area contributed by atoms with Crippen LogP contribution in [0.25, 0.3) is 0 Å². The van der Waals surface area contributed by atoms with Crippen LogP contribution >= 0.6 is 0 Å². The maximum atomic E-state index is 2.64. The molecule has 0 aromatic heterocycles. The fourth-order valence-electron chi connectivity index (χ4n) is 3.49. The van der Waals surface area contributed by atoms with E-state index in [9.17, 15) is 0 Å². The molecule has 74 valence electrons. The van der Waals surface area contributed by atoms with Gasteiger partial charge in [0.1, 0.15) is 0 Å². The molecule has 0 nitrogen and oxygen atoms in total. The SMILES string of the molecule is [CH3][Ge]12[C]3=CCC[C]1=CCC[C]2=CCC3. The van der Waals surface area contributed by atoms with Crippen molar-refractivity contribution in [2.45, 2.75) is 44.3 Å². The van der Waals surface area contributed by atoms with Gasteiger partial charge in [0.15, 0.2) is 0 Å². The minimum atomic E-state index is -1.77. The summed E-state index contributed by atoms with van der Waals surface area (Å²) in [7, 11) is 0. The normalized spacial score (nSPS) is 28.5. The summed E-state index contributed by atoms with van der Waals surface area (Å²) < 4.78 is 5.71. The zero-order chi connectivity index (χ0) is 9.60. The summed E-state index contributed by atoms with van der Waals surface area (Å²) >= 11 is -1.77. The van der Waals surface area contributed by atoms with Crippen LogP contribution in [0.5, 0.6) is 0 Å². The van der Waals surface area contributed by atoms with Gasteiger partial charge in [-0.15, -0.1) is 0 Å². The summed E-state index contributed by atoms with van der Waals surface area (Å²) in [6.07, 6.45) is 15.9. The third-order valence-electron chi connectivity index (χ3n) is 4.34. The molecule has 0 atom stereocenters. The molecule has 0 aliphatic carbocycles. The molecule has 3 aliphatic rings. The van der Waals surface area contributed by atoms with Crippen molar-refractivity contribution in [2.75, 3.05) is 0 Å². The second-order valence-electron chi connectivity index (χ2n) is 4.93. The summed E-state index contributed by atoms with van der Waals surface area (Å²) in [6.45, 7) is 0. The Hall–Kier alpha value is -0.237. The summed E-state index contributed by atoms with van der Waals surface area (Å²) in [5.74, 6) is 2.64. The maximum absolute atomic E-state index is 2.64. The van der Waals surface area contributed by atoms with Gasteiger partial charge < -0.3 is 0 Å². The molecule has 14 heavy (non-hydrogen) atoms. The Morgan fingerprint density at radius 2 is 1.14 bits per heavy atom. The molecular formula is C13H18Ge. The first kappa shape index (κ1) is 9.02. The van der Waals surface area contributed by atoms with E-state index in [1.54, 1.807) is 0 Å². The summed E-state index contributed by atoms with van der Waals surface area (Å²) in [4.78, 5) is 0. The molecule has 0 saturated heterocycles. The van der Waals surface area contributed by atoms with E-state index in [1.807, 2.05) is 13.2 Å². The number of hydrogen-bond donors (Lipinski definition) is 0. The van der Waals surface area contributed by atoms with Crippen molar-refractivity contribution >= 4 is 13.3 Å². The molecule has 0 spiro atoms. The van der Waals surface area contributed by atoms with E-state index in [2.05, 4.69) is 24.0 Å². The molecule has 0 unspecified atom stereocenters. The zero-order valence-corrected chi connectivity index (χ0v) is 11.1. The van der Waals surface area contributed by atoms with Crippen LogP contribution < -0.4 is 0 Å². The van der Waals surface area contributed by atoms with E-state index in [4.69, 9.17) is 0 Å². The molecule has 3 heterocycles. The third-order valence-corrected chi connectivity index (χ3v) is 15.3. The van der Waals surface area contributed by atoms with Crippen molar-refractivity contribution in [3.05, 3.63) is 31.4 Å². The predicted octanol–water partition coefficient (Wildman–Crippen LogP) is 3.84. The van der Waals surface area contributed by atoms with E-state index in [0.717, 1.165) is 0 Å². The van der Waals surface area contributed by atoms with Gasteiger partial charge in [-0.25, -0.2) is 0 Å². The second kappa shape index (κ2) is 3.13. The van der Waals surface area contributed by atoms with Crippen LogP contribution in [0.4, 0.5) is 0 Å². The van der Waals surface area contributed by atoms with E-state index in [-0.39, 0.29) is 0 Å². The molecule has 0 saturated carbocycles. The second-order valence-corrected chi connectivity index (χ2v) is 13.7. The van der Waals surface area contributed by atoms with Crippen LogP contribution in [0.3, 0.4) is 0 Å². The fourth-order valence-corrected chi connectivity index (χ4v) is 13.6. The van der Waals surface area contributed by atoms with Gasteiger partial charge in [0.05, 0.1) is 0 Å². The topological polar surface area (TPSA) is 0 Å². The Morgan fingerprint density at radius 1 is 0.786 bits per heavy atom. The van der Waals surface area contributed by atoms with Gasteiger partial charge in [0.2, 0.25) is 0 Å². The predicted molar refractivity (Wildman–Crippen MR) is 63.6 cm³/mol. The number of hydrogen-bond acceptors (Lipinski definition) is 0. The number of allylic oxidation sites excluding steroid dienone is 6. The third kappa shape index (κ3) is 1.07. The van der Waals surface area contributed by atoms with E-state index >= 15 is 0 Å². The van der Waals surface area contributed by atoms with E-state index in [0.29, 0.717) is 0 Å². The van der Waals surface area contributed by atoms with Crippen LogP contribution in [0.2, 0.25) is 5.76 Å². The van der Waals surface area contributed by atoms with E-state index < -0.39 is 13.3 Å². The van der Waals surface area contributed by atoms with Crippen molar-refractivity contribution in [1.82, 2.24) is 0 Å². The first-order valence-corrected chi connectivity index (χ1v) is 11.1. The van der Waals surface area contributed by atoms with Gasteiger partial charge in [0, 0.05) is 0 Å². The molecule has 1 heteroatoms. The molecule has 3 aliphatic heterocycles. The minimum absolute atomic E-state index is 1.33. The van der Waals surface area contributed by atoms with Crippen molar-refractivity contribution in [3.8, 4) is 0 Å². The van der Waals surface area contributed by atoms with Gasteiger partial charge in [-0.05, 0) is 0 Å². The quantitative estimate of drug-likeness (QED) is 0.570. The average molecular weight is 247 g/mol. The Bertz CT molecular complexity index is 302. The molecule has 0 aromatic rings. The molecule has 0 bridgehead atoms. The molecule has 0 aromatic carbocycles. The summed E-state index contributed by atoms with van der Waals surface area (Å²) in [5.41, 5.74) is 0.